The molecule has 5 aliphatic carbocycles. The van der Waals surface area contributed by atoms with Crippen LogP contribution in [0.25, 0.3) is 0 Å². The number of carbonyl (C=O) groups excluding carboxylic acids is 4. The van der Waals surface area contributed by atoms with E-state index in [4.69, 9.17) is 14.2 Å². The van der Waals surface area contributed by atoms with Gasteiger partial charge in [-0.05, 0) is 104 Å². The van der Waals surface area contributed by atoms with Crippen LogP contribution in [0.4, 0.5) is 0 Å². The van der Waals surface area contributed by atoms with Gasteiger partial charge in [0.2, 0.25) is 5.91 Å². The third-order valence-corrected chi connectivity index (χ3v) is 15.7. The number of allylic oxidation sites excluding steroid dienone is 2. The molecule has 9 heteroatoms. The molecule has 10 atom stereocenters. The average Bonchev–Trinajstić information content (AvgIpc) is 3.02. The molecule has 0 aromatic carbocycles. The van der Waals surface area contributed by atoms with E-state index in [1.165, 1.54) is 26.3 Å². The second-order valence-corrected chi connectivity index (χ2v) is 19.1. The van der Waals surface area contributed by atoms with Crippen LogP contribution < -0.4 is 0 Å². The normalized spacial score (nSPS) is 43.9. The summed E-state index contributed by atoms with van der Waals surface area (Å²) < 4.78 is 17.8. The summed E-state index contributed by atoms with van der Waals surface area (Å²) in [4.78, 5) is 56.6. The highest BCUT2D eigenvalue weighted by atomic mass is 16.6. The Labute approximate surface area is 300 Å². The minimum atomic E-state index is -0.749. The Hall–Kier alpha value is -2.42. The number of ether oxygens (including phenoxy) is 3. The van der Waals surface area contributed by atoms with Crippen LogP contribution in [0.15, 0.2) is 11.6 Å². The molecule has 6 aliphatic rings. The lowest BCUT2D eigenvalue weighted by Gasteiger charge is -2.72. The topological polar surface area (TPSA) is 102 Å². The fourth-order valence-corrected chi connectivity index (χ4v) is 13.0. The number of hydrogen-bond donors (Lipinski definition) is 0. The highest BCUT2D eigenvalue weighted by molar-refractivity contribution is 5.84. The van der Waals surface area contributed by atoms with Crippen molar-refractivity contribution in [2.45, 2.75) is 132 Å². The molecule has 4 saturated carbocycles. The predicted octanol–water partition coefficient (Wildman–Crippen LogP) is 6.58. The number of fused-ring (bicyclic) bond motifs is 7. The maximum Gasteiger partial charge on any atom is 0.303 e. The molecular formula is C41H64N2O7. The molecule has 0 aromatic rings. The van der Waals surface area contributed by atoms with Crippen LogP contribution in [0.1, 0.15) is 120 Å². The first-order chi connectivity index (χ1) is 23.2. The Bertz CT molecular complexity index is 1430. The number of rotatable bonds is 5. The van der Waals surface area contributed by atoms with Gasteiger partial charge in [-0.1, -0.05) is 53.2 Å². The van der Waals surface area contributed by atoms with E-state index in [-0.39, 0.29) is 57.4 Å². The molecule has 1 heterocycles. The van der Waals surface area contributed by atoms with Crippen molar-refractivity contribution >= 4 is 23.8 Å². The van der Waals surface area contributed by atoms with Crippen LogP contribution in [0.2, 0.25) is 0 Å². The summed E-state index contributed by atoms with van der Waals surface area (Å²) in [6.45, 7) is 22.0. The summed E-state index contributed by atoms with van der Waals surface area (Å²) in [5.41, 5.74) is 0.149. The van der Waals surface area contributed by atoms with Crippen LogP contribution in [0, 0.1) is 50.2 Å². The summed E-state index contributed by atoms with van der Waals surface area (Å²) in [6.07, 6.45) is 9.49. The van der Waals surface area contributed by atoms with E-state index in [9.17, 15) is 19.2 Å². The second kappa shape index (κ2) is 12.6. The largest absolute Gasteiger partial charge is 0.465 e. The molecule has 0 bridgehead atoms. The van der Waals surface area contributed by atoms with E-state index in [2.05, 4.69) is 64.5 Å². The van der Waals surface area contributed by atoms with Gasteiger partial charge >= 0.3 is 17.9 Å². The van der Waals surface area contributed by atoms with Gasteiger partial charge in [-0.15, -0.1) is 0 Å². The van der Waals surface area contributed by atoms with Gasteiger partial charge in [-0.3, -0.25) is 19.2 Å². The zero-order valence-corrected chi connectivity index (χ0v) is 32.6. The van der Waals surface area contributed by atoms with Gasteiger partial charge < -0.3 is 24.0 Å². The summed E-state index contributed by atoms with van der Waals surface area (Å²) in [5, 5.41) is 0. The fraction of sp³-hybridized carbons (Fsp3) is 0.854. The number of hydrogen-bond acceptors (Lipinski definition) is 8. The Kier molecular flexibility index (Phi) is 9.42. The van der Waals surface area contributed by atoms with Gasteiger partial charge in [0.25, 0.3) is 0 Å². The van der Waals surface area contributed by atoms with Gasteiger partial charge in [0.15, 0.2) is 0 Å². The Morgan fingerprint density at radius 2 is 1.42 bits per heavy atom. The fourth-order valence-electron chi connectivity index (χ4n) is 13.0. The van der Waals surface area contributed by atoms with E-state index < -0.39 is 29.6 Å². The van der Waals surface area contributed by atoms with Crippen LogP contribution in [0.5, 0.6) is 0 Å². The van der Waals surface area contributed by atoms with Crippen molar-refractivity contribution in [2.24, 2.45) is 50.2 Å². The summed E-state index contributed by atoms with van der Waals surface area (Å²) in [6, 6.07) is 0. The Morgan fingerprint density at radius 1 is 0.780 bits per heavy atom. The number of likely N-dealkylation sites (N-methyl/N-ethyl adjacent to an activating group) is 1. The van der Waals surface area contributed by atoms with Gasteiger partial charge in [0, 0.05) is 52.4 Å². The lowest BCUT2D eigenvalue weighted by molar-refractivity contribution is -0.255. The zero-order valence-electron chi connectivity index (χ0n) is 32.6. The first-order valence-corrected chi connectivity index (χ1v) is 19.4. The molecule has 9 nitrogen and oxygen atoms in total. The molecule has 5 fully saturated rings. The smallest absolute Gasteiger partial charge is 0.303 e. The molecule has 0 radical (unpaired) electrons. The van der Waals surface area contributed by atoms with Crippen LogP contribution in [0.3, 0.4) is 0 Å². The molecule has 0 aromatic heterocycles. The first-order valence-electron chi connectivity index (χ1n) is 19.4. The number of amides is 1. The third-order valence-electron chi connectivity index (χ3n) is 15.7. The van der Waals surface area contributed by atoms with Crippen molar-refractivity contribution in [1.82, 2.24) is 9.80 Å². The number of carbonyl (C=O) groups is 4. The maximum absolute atomic E-state index is 14.8. The highest BCUT2D eigenvalue weighted by Crippen LogP contribution is 2.76. The molecule has 50 heavy (non-hydrogen) atoms. The van der Waals surface area contributed by atoms with E-state index in [1.54, 1.807) is 0 Å². The lowest BCUT2D eigenvalue weighted by atomic mass is 9.33. The standard InChI is InChI=1S/C41H64N2O7/c1-26(44)48-25-38(7)32-13-14-40(9)33(37(32,6)24-31(49-27(2)45)34(38)50-28(3)46)12-11-29-30-23-36(4,5)15-17-41(30,18-16-39(29,40)8)35(47)43-21-19-42(10)20-22-43/h11,30-34H,12-25H2,1-10H3/t30?,31-,32?,33?,34+,37+,38+,39-,40-,41+/m1/s1. The van der Waals surface area contributed by atoms with Gasteiger partial charge in [0.05, 0.1) is 5.41 Å². The van der Waals surface area contributed by atoms with Crippen LogP contribution >= 0.6 is 0 Å². The molecule has 3 unspecified atom stereocenters. The van der Waals surface area contributed by atoms with E-state index in [0.717, 1.165) is 77.5 Å². The molecule has 0 N–H and O–H groups in total. The number of esters is 3. The van der Waals surface area contributed by atoms with Crippen molar-refractivity contribution < 1.29 is 33.4 Å². The minimum absolute atomic E-state index is 0.0651. The molecule has 1 saturated heterocycles. The monoisotopic (exact) mass is 696 g/mol. The van der Waals surface area contributed by atoms with Crippen molar-refractivity contribution in [3.63, 3.8) is 0 Å². The van der Waals surface area contributed by atoms with E-state index in [0.29, 0.717) is 12.3 Å². The summed E-state index contributed by atoms with van der Waals surface area (Å²) in [5.74, 6) is -0.279. The van der Waals surface area contributed by atoms with Gasteiger partial charge in [-0.25, -0.2) is 0 Å². The average molecular weight is 697 g/mol. The lowest BCUT2D eigenvalue weighted by Crippen LogP contribution is -2.69. The van der Waals surface area contributed by atoms with Crippen LogP contribution in [-0.2, 0) is 33.4 Å². The summed E-state index contributed by atoms with van der Waals surface area (Å²) >= 11 is 0. The van der Waals surface area contributed by atoms with Gasteiger partial charge in [-0.2, -0.15) is 0 Å². The molecule has 0 spiro atoms. The molecule has 6 rings (SSSR count). The molecule has 280 valence electrons. The zero-order chi connectivity index (χ0) is 36.7. The Morgan fingerprint density at radius 3 is 2.04 bits per heavy atom. The second-order valence-electron chi connectivity index (χ2n) is 19.1. The summed E-state index contributed by atoms with van der Waals surface area (Å²) in [7, 11) is 2.15. The quantitative estimate of drug-likeness (QED) is 0.181. The van der Waals surface area contributed by atoms with E-state index >= 15 is 0 Å². The van der Waals surface area contributed by atoms with Crippen molar-refractivity contribution in [3.05, 3.63) is 11.6 Å². The third kappa shape index (κ3) is 5.74. The minimum Gasteiger partial charge on any atom is -0.465 e. The van der Waals surface area contributed by atoms with Crippen LogP contribution in [-0.4, -0.2) is 85.7 Å². The van der Waals surface area contributed by atoms with Gasteiger partial charge in [0.1, 0.15) is 18.8 Å². The van der Waals surface area contributed by atoms with Crippen molar-refractivity contribution in [3.8, 4) is 0 Å². The predicted molar refractivity (Wildman–Crippen MR) is 191 cm³/mol. The molecule has 1 amide bonds. The SMILES string of the molecule is CC(=O)OC[C@@]1(C)C2CC[C@]3(C)C(CC=C4C5CC(C)(C)CC[C@]5(C(=O)N5CCN(C)CC5)CC[C@]43C)[C@@]2(C)C[C@@H](OC(C)=O)[C@@H]1OC(C)=O. The number of nitrogens with zero attached hydrogens (tertiary/aromatic N) is 2. The molecular weight excluding hydrogens is 632 g/mol. The first kappa shape index (κ1) is 37.3. The number of piperazine rings is 1. The van der Waals surface area contributed by atoms with Crippen molar-refractivity contribution in [1.29, 1.82) is 0 Å². The maximum atomic E-state index is 14.8. The highest BCUT2D eigenvalue weighted by Gasteiger charge is 2.72. The van der Waals surface area contributed by atoms with E-state index in [1.807, 2.05) is 0 Å². The van der Waals surface area contributed by atoms with Crippen molar-refractivity contribution in [2.75, 3.05) is 39.8 Å². The molecule has 1 aliphatic heterocycles. The Balaban J connectivity index is 1.42.